The van der Waals surface area contributed by atoms with Crippen LogP contribution in [0.3, 0.4) is 0 Å². The molecule has 0 fully saturated rings. The number of carbonyl (C=O) groups excluding carboxylic acids is 1. The Bertz CT molecular complexity index is 884. The number of amides is 1. The Morgan fingerprint density at radius 3 is 2.81 bits per heavy atom. The standard InChI is InChI=1S/C18H18N4O3S/c1-3-6-20-18(23)25-14-4-5-16(24-2)15(8-14)12-7-13(10-19-9-12)17-22-21-11-26-17/h4-5,7-11H,3,6H2,1-2H3,(H,20,23). The van der Waals surface area contributed by atoms with Crippen molar-refractivity contribution in [1.29, 1.82) is 0 Å². The topological polar surface area (TPSA) is 86.2 Å². The Morgan fingerprint density at radius 1 is 1.23 bits per heavy atom. The van der Waals surface area contributed by atoms with Crippen molar-refractivity contribution >= 4 is 17.4 Å². The molecule has 0 aliphatic heterocycles. The molecule has 134 valence electrons. The van der Waals surface area contributed by atoms with E-state index in [9.17, 15) is 4.79 Å². The summed E-state index contributed by atoms with van der Waals surface area (Å²) in [6.45, 7) is 2.54. The molecule has 3 aromatic rings. The maximum atomic E-state index is 11.8. The molecule has 0 aliphatic rings. The lowest BCUT2D eigenvalue weighted by molar-refractivity contribution is 0.200. The monoisotopic (exact) mass is 370 g/mol. The lowest BCUT2D eigenvalue weighted by Gasteiger charge is -2.12. The zero-order chi connectivity index (χ0) is 18.4. The fourth-order valence-corrected chi connectivity index (χ4v) is 2.89. The van der Waals surface area contributed by atoms with Gasteiger partial charge in [-0.2, -0.15) is 0 Å². The molecule has 0 bridgehead atoms. The third-order valence-electron chi connectivity index (χ3n) is 3.56. The summed E-state index contributed by atoms with van der Waals surface area (Å²) in [5, 5.41) is 11.4. The second-order valence-corrected chi connectivity index (χ2v) is 6.22. The number of benzene rings is 1. The van der Waals surface area contributed by atoms with Gasteiger partial charge in [-0.25, -0.2) is 4.79 Å². The van der Waals surface area contributed by atoms with Crippen LogP contribution in [0.15, 0.2) is 42.2 Å². The summed E-state index contributed by atoms with van der Waals surface area (Å²) in [4.78, 5) is 16.1. The van der Waals surface area contributed by atoms with Gasteiger partial charge in [0.15, 0.2) is 0 Å². The number of aromatic nitrogens is 3. The van der Waals surface area contributed by atoms with Gasteiger partial charge in [-0.05, 0) is 30.7 Å². The van der Waals surface area contributed by atoms with Crippen LogP contribution >= 0.6 is 11.3 Å². The molecule has 0 saturated heterocycles. The zero-order valence-corrected chi connectivity index (χ0v) is 15.2. The first-order valence-corrected chi connectivity index (χ1v) is 8.95. The molecule has 0 spiro atoms. The van der Waals surface area contributed by atoms with E-state index in [1.807, 2.05) is 13.0 Å². The van der Waals surface area contributed by atoms with Crippen molar-refractivity contribution in [3.05, 3.63) is 42.2 Å². The first-order valence-electron chi connectivity index (χ1n) is 8.07. The fourth-order valence-electron chi connectivity index (χ4n) is 2.35. The highest BCUT2D eigenvalue weighted by atomic mass is 32.1. The number of hydrogen-bond acceptors (Lipinski definition) is 7. The van der Waals surface area contributed by atoms with E-state index >= 15 is 0 Å². The van der Waals surface area contributed by atoms with Gasteiger partial charge in [0.25, 0.3) is 0 Å². The van der Waals surface area contributed by atoms with Crippen molar-refractivity contribution in [2.75, 3.05) is 13.7 Å². The molecule has 26 heavy (non-hydrogen) atoms. The normalized spacial score (nSPS) is 10.4. The van der Waals surface area contributed by atoms with Crippen molar-refractivity contribution in [1.82, 2.24) is 20.5 Å². The highest BCUT2D eigenvalue weighted by Gasteiger charge is 2.12. The third kappa shape index (κ3) is 4.15. The molecule has 7 nitrogen and oxygen atoms in total. The van der Waals surface area contributed by atoms with Crippen molar-refractivity contribution in [2.45, 2.75) is 13.3 Å². The molecular formula is C18H18N4O3S. The summed E-state index contributed by atoms with van der Waals surface area (Å²) in [5.41, 5.74) is 4.13. The number of rotatable bonds is 6. The van der Waals surface area contributed by atoms with Crippen LogP contribution in [0.2, 0.25) is 0 Å². The van der Waals surface area contributed by atoms with Gasteiger partial charge in [-0.15, -0.1) is 10.2 Å². The molecule has 3 rings (SSSR count). The second kappa shape index (κ2) is 8.39. The summed E-state index contributed by atoms with van der Waals surface area (Å²) in [7, 11) is 1.59. The van der Waals surface area contributed by atoms with Crippen LogP contribution in [0.1, 0.15) is 13.3 Å². The minimum Gasteiger partial charge on any atom is -0.496 e. The molecule has 8 heteroatoms. The van der Waals surface area contributed by atoms with Crippen LogP contribution in [0.4, 0.5) is 4.79 Å². The molecular weight excluding hydrogens is 352 g/mol. The van der Waals surface area contributed by atoms with E-state index in [2.05, 4.69) is 20.5 Å². The Kier molecular flexibility index (Phi) is 5.75. The van der Waals surface area contributed by atoms with Crippen molar-refractivity contribution < 1.29 is 14.3 Å². The van der Waals surface area contributed by atoms with Crippen LogP contribution in [-0.4, -0.2) is 34.9 Å². The SMILES string of the molecule is CCCNC(=O)Oc1ccc(OC)c(-c2cncc(-c3nncs3)c2)c1. The van der Waals surface area contributed by atoms with E-state index < -0.39 is 6.09 Å². The molecule has 2 heterocycles. The molecule has 2 aromatic heterocycles. The Hall–Kier alpha value is -3.00. The van der Waals surface area contributed by atoms with Crippen LogP contribution in [-0.2, 0) is 0 Å². The van der Waals surface area contributed by atoms with Gasteiger partial charge in [-0.1, -0.05) is 18.3 Å². The number of methoxy groups -OCH3 is 1. The zero-order valence-electron chi connectivity index (χ0n) is 14.4. The summed E-state index contributed by atoms with van der Waals surface area (Å²) in [6, 6.07) is 7.16. The largest absolute Gasteiger partial charge is 0.496 e. The Morgan fingerprint density at radius 2 is 2.08 bits per heavy atom. The molecule has 1 amide bonds. The summed E-state index contributed by atoms with van der Waals surface area (Å²) in [6.07, 6.45) is 3.81. The fraction of sp³-hybridized carbons (Fsp3) is 0.222. The smallest absolute Gasteiger partial charge is 0.412 e. The average molecular weight is 370 g/mol. The van der Waals surface area contributed by atoms with Crippen molar-refractivity contribution in [2.24, 2.45) is 0 Å². The molecule has 1 aromatic carbocycles. The minimum atomic E-state index is -0.483. The predicted molar refractivity (Wildman–Crippen MR) is 99.4 cm³/mol. The summed E-state index contributed by atoms with van der Waals surface area (Å²) < 4.78 is 10.8. The molecule has 0 unspecified atom stereocenters. The van der Waals surface area contributed by atoms with E-state index in [4.69, 9.17) is 9.47 Å². The number of carbonyl (C=O) groups is 1. The van der Waals surface area contributed by atoms with Crippen LogP contribution in [0.5, 0.6) is 11.5 Å². The maximum absolute atomic E-state index is 11.8. The van der Waals surface area contributed by atoms with Gasteiger partial charge in [0, 0.05) is 35.6 Å². The Labute approximate surface area is 155 Å². The van der Waals surface area contributed by atoms with Crippen LogP contribution < -0.4 is 14.8 Å². The highest BCUT2D eigenvalue weighted by Crippen LogP contribution is 2.35. The Balaban J connectivity index is 1.92. The number of hydrogen-bond donors (Lipinski definition) is 1. The maximum Gasteiger partial charge on any atom is 0.412 e. The van der Waals surface area contributed by atoms with Gasteiger partial charge >= 0.3 is 6.09 Å². The first kappa shape index (κ1) is 17.8. The van der Waals surface area contributed by atoms with Gasteiger partial charge < -0.3 is 14.8 Å². The number of ether oxygens (including phenoxy) is 2. The van der Waals surface area contributed by atoms with Gasteiger partial charge in [-0.3, -0.25) is 4.98 Å². The first-order chi connectivity index (χ1) is 12.7. The van der Waals surface area contributed by atoms with Crippen LogP contribution in [0.25, 0.3) is 21.7 Å². The van der Waals surface area contributed by atoms with E-state index in [-0.39, 0.29) is 0 Å². The quantitative estimate of drug-likeness (QED) is 0.711. The average Bonchev–Trinajstić information content (AvgIpc) is 3.21. The number of pyridine rings is 1. The van der Waals surface area contributed by atoms with E-state index in [1.165, 1.54) is 11.3 Å². The molecule has 0 saturated carbocycles. The molecule has 1 N–H and O–H groups in total. The number of nitrogens with one attached hydrogen (secondary N) is 1. The molecule has 0 atom stereocenters. The van der Waals surface area contributed by atoms with Crippen molar-refractivity contribution in [3.8, 4) is 33.2 Å². The van der Waals surface area contributed by atoms with Gasteiger partial charge in [0.05, 0.1) is 7.11 Å². The minimum absolute atomic E-state index is 0.427. The predicted octanol–water partition coefficient (Wildman–Crippen LogP) is 3.77. The van der Waals surface area contributed by atoms with Gasteiger partial charge in [0.1, 0.15) is 22.0 Å². The lowest BCUT2D eigenvalue weighted by Crippen LogP contribution is -2.27. The lowest BCUT2D eigenvalue weighted by atomic mass is 10.0. The third-order valence-corrected chi connectivity index (χ3v) is 4.30. The molecule has 0 aliphatic carbocycles. The van der Waals surface area contributed by atoms with E-state index in [0.717, 1.165) is 28.1 Å². The summed E-state index contributed by atoms with van der Waals surface area (Å²) >= 11 is 1.44. The van der Waals surface area contributed by atoms with E-state index in [0.29, 0.717) is 18.0 Å². The number of nitrogens with zero attached hydrogens (tertiary/aromatic N) is 3. The van der Waals surface area contributed by atoms with E-state index in [1.54, 1.807) is 43.2 Å². The van der Waals surface area contributed by atoms with Crippen molar-refractivity contribution in [3.63, 3.8) is 0 Å². The second-order valence-electron chi connectivity index (χ2n) is 5.38. The molecule has 0 radical (unpaired) electrons. The highest BCUT2D eigenvalue weighted by molar-refractivity contribution is 7.12. The summed E-state index contributed by atoms with van der Waals surface area (Å²) in [5.74, 6) is 1.08. The van der Waals surface area contributed by atoms with Crippen LogP contribution in [0, 0.1) is 0 Å². The van der Waals surface area contributed by atoms with Gasteiger partial charge in [0.2, 0.25) is 0 Å².